The Labute approximate surface area is 119 Å². The van der Waals surface area contributed by atoms with Gasteiger partial charge in [-0.05, 0) is 43.6 Å². The molecule has 0 bridgehead atoms. The zero-order valence-electron chi connectivity index (χ0n) is 11.3. The van der Waals surface area contributed by atoms with Gasteiger partial charge in [-0.2, -0.15) is 16.9 Å². The van der Waals surface area contributed by atoms with E-state index in [4.69, 9.17) is 5.11 Å². The molecule has 1 aromatic heterocycles. The van der Waals surface area contributed by atoms with Crippen molar-refractivity contribution in [1.29, 1.82) is 0 Å². The van der Waals surface area contributed by atoms with Crippen LogP contribution in [0.25, 0.3) is 0 Å². The van der Waals surface area contributed by atoms with E-state index in [1.807, 2.05) is 10.9 Å². The van der Waals surface area contributed by atoms with Crippen molar-refractivity contribution in [3.05, 3.63) is 17.5 Å². The van der Waals surface area contributed by atoms with Crippen molar-refractivity contribution in [3.63, 3.8) is 0 Å². The molecule has 1 saturated heterocycles. The van der Waals surface area contributed by atoms with Crippen LogP contribution >= 0.6 is 11.8 Å². The van der Waals surface area contributed by atoms with Crippen LogP contribution in [-0.4, -0.2) is 39.0 Å². The van der Waals surface area contributed by atoms with Crippen LogP contribution in [0.4, 0.5) is 0 Å². The van der Waals surface area contributed by atoms with E-state index in [0.717, 1.165) is 6.42 Å². The molecule has 0 saturated carbocycles. The molecule has 4 nitrogen and oxygen atoms in total. The predicted molar refractivity (Wildman–Crippen MR) is 78.5 cm³/mol. The second-order valence-corrected chi connectivity index (χ2v) is 6.72. The lowest BCUT2D eigenvalue weighted by molar-refractivity contribution is 0.266. The molecule has 1 atom stereocenters. The number of nitrogens with one attached hydrogen (secondary N) is 1. The third-order valence-electron chi connectivity index (χ3n) is 4.23. The largest absolute Gasteiger partial charge is 0.394 e. The average Bonchev–Trinajstić information content (AvgIpc) is 2.85. The molecule has 1 fully saturated rings. The van der Waals surface area contributed by atoms with Crippen molar-refractivity contribution in [3.8, 4) is 0 Å². The van der Waals surface area contributed by atoms with Crippen LogP contribution in [0.3, 0.4) is 0 Å². The van der Waals surface area contributed by atoms with Crippen molar-refractivity contribution >= 4 is 11.8 Å². The van der Waals surface area contributed by atoms with Crippen molar-refractivity contribution in [2.24, 2.45) is 0 Å². The summed E-state index contributed by atoms with van der Waals surface area (Å²) in [4.78, 5) is 0. The molecule has 0 spiro atoms. The van der Waals surface area contributed by atoms with Crippen molar-refractivity contribution in [2.45, 2.75) is 50.7 Å². The molecule has 5 heteroatoms. The second-order valence-electron chi connectivity index (χ2n) is 5.49. The van der Waals surface area contributed by atoms with Gasteiger partial charge in [-0.1, -0.05) is 0 Å². The normalized spacial score (nSPS) is 24.4. The number of aliphatic hydroxyl groups is 1. The second kappa shape index (κ2) is 6.29. The molecule has 19 heavy (non-hydrogen) atoms. The first-order valence-corrected chi connectivity index (χ1v) is 8.53. The van der Waals surface area contributed by atoms with Gasteiger partial charge in [0.15, 0.2) is 0 Å². The standard InChI is InChI=1S/C14H23N3OS/c18-7-6-17-14-3-1-2-13(12(14)10-15-17)16-11-4-8-19-9-5-11/h10-11,13,16,18H,1-9H2. The van der Waals surface area contributed by atoms with Gasteiger partial charge >= 0.3 is 0 Å². The topological polar surface area (TPSA) is 50.1 Å². The first-order valence-electron chi connectivity index (χ1n) is 7.37. The first-order chi connectivity index (χ1) is 9.38. The highest BCUT2D eigenvalue weighted by atomic mass is 32.2. The molecule has 1 aliphatic carbocycles. The van der Waals surface area contributed by atoms with Crippen LogP contribution in [0.2, 0.25) is 0 Å². The van der Waals surface area contributed by atoms with E-state index in [1.54, 1.807) is 0 Å². The van der Waals surface area contributed by atoms with E-state index in [1.165, 1.54) is 48.4 Å². The number of thioether (sulfide) groups is 1. The summed E-state index contributed by atoms with van der Waals surface area (Å²) in [6.45, 7) is 0.800. The summed E-state index contributed by atoms with van der Waals surface area (Å²) < 4.78 is 1.99. The predicted octanol–water partition coefficient (Wildman–Crippen LogP) is 1.74. The highest BCUT2D eigenvalue weighted by Gasteiger charge is 2.26. The summed E-state index contributed by atoms with van der Waals surface area (Å²) in [7, 11) is 0. The minimum absolute atomic E-state index is 0.173. The number of fused-ring (bicyclic) bond motifs is 1. The quantitative estimate of drug-likeness (QED) is 0.882. The van der Waals surface area contributed by atoms with Gasteiger partial charge in [0.25, 0.3) is 0 Å². The van der Waals surface area contributed by atoms with Gasteiger partial charge in [0.05, 0.1) is 19.3 Å². The maximum atomic E-state index is 9.09. The molecule has 1 aliphatic heterocycles. The number of aliphatic hydroxyl groups excluding tert-OH is 1. The molecule has 2 aliphatic rings. The lowest BCUT2D eigenvalue weighted by Gasteiger charge is -2.31. The van der Waals surface area contributed by atoms with Crippen LogP contribution in [-0.2, 0) is 13.0 Å². The van der Waals surface area contributed by atoms with E-state index < -0.39 is 0 Å². The van der Waals surface area contributed by atoms with Crippen LogP contribution < -0.4 is 5.32 Å². The molecule has 0 amide bonds. The van der Waals surface area contributed by atoms with E-state index in [9.17, 15) is 0 Å². The fourth-order valence-electron chi connectivity index (χ4n) is 3.23. The van der Waals surface area contributed by atoms with Gasteiger partial charge in [0, 0.05) is 23.3 Å². The molecule has 0 aromatic carbocycles. The highest BCUT2D eigenvalue weighted by molar-refractivity contribution is 7.99. The van der Waals surface area contributed by atoms with Gasteiger partial charge in [0.1, 0.15) is 0 Å². The monoisotopic (exact) mass is 281 g/mol. The summed E-state index contributed by atoms with van der Waals surface area (Å²) in [6.07, 6.45) is 8.15. The summed E-state index contributed by atoms with van der Waals surface area (Å²) in [5.74, 6) is 2.59. The molecule has 0 radical (unpaired) electrons. The highest BCUT2D eigenvalue weighted by Crippen LogP contribution is 2.31. The summed E-state index contributed by atoms with van der Waals surface area (Å²) in [6, 6.07) is 1.16. The van der Waals surface area contributed by atoms with Gasteiger partial charge in [0.2, 0.25) is 0 Å². The van der Waals surface area contributed by atoms with Crippen LogP contribution in [0.5, 0.6) is 0 Å². The van der Waals surface area contributed by atoms with E-state index in [2.05, 4.69) is 22.2 Å². The molecule has 1 unspecified atom stereocenters. The van der Waals surface area contributed by atoms with Crippen LogP contribution in [0.1, 0.15) is 43.0 Å². The molecule has 106 valence electrons. The fraction of sp³-hybridized carbons (Fsp3) is 0.786. The Bertz CT molecular complexity index is 415. The molecule has 1 aromatic rings. The van der Waals surface area contributed by atoms with Gasteiger partial charge in [-0.25, -0.2) is 0 Å². The Hall–Kier alpha value is -0.520. The average molecular weight is 281 g/mol. The smallest absolute Gasteiger partial charge is 0.0644 e. The van der Waals surface area contributed by atoms with Gasteiger partial charge < -0.3 is 10.4 Å². The van der Waals surface area contributed by atoms with E-state index >= 15 is 0 Å². The molecule has 3 rings (SSSR count). The zero-order valence-corrected chi connectivity index (χ0v) is 12.2. The van der Waals surface area contributed by atoms with Gasteiger partial charge in [-0.15, -0.1) is 0 Å². The number of hydrogen-bond donors (Lipinski definition) is 2. The summed E-state index contributed by atoms with van der Waals surface area (Å²) in [5.41, 5.74) is 2.71. The number of rotatable bonds is 4. The maximum absolute atomic E-state index is 9.09. The fourth-order valence-corrected chi connectivity index (χ4v) is 4.33. The summed E-state index contributed by atoms with van der Waals surface area (Å²) in [5, 5.41) is 17.4. The molecular formula is C14H23N3OS. The van der Waals surface area contributed by atoms with Gasteiger partial charge in [-0.3, -0.25) is 4.68 Å². The Kier molecular flexibility index (Phi) is 4.45. The van der Waals surface area contributed by atoms with Crippen LogP contribution in [0, 0.1) is 0 Å². The van der Waals surface area contributed by atoms with E-state index in [0.29, 0.717) is 18.6 Å². The van der Waals surface area contributed by atoms with Crippen LogP contribution in [0.15, 0.2) is 6.20 Å². The minimum atomic E-state index is 0.173. The van der Waals surface area contributed by atoms with Crippen molar-refractivity contribution in [1.82, 2.24) is 15.1 Å². The van der Waals surface area contributed by atoms with Crippen molar-refractivity contribution < 1.29 is 5.11 Å². The van der Waals surface area contributed by atoms with E-state index in [-0.39, 0.29) is 6.61 Å². The first kappa shape index (κ1) is 13.5. The number of hydrogen-bond acceptors (Lipinski definition) is 4. The molecule has 2 N–H and O–H groups in total. The van der Waals surface area contributed by atoms with Crippen molar-refractivity contribution in [2.75, 3.05) is 18.1 Å². The Morgan fingerprint density at radius 3 is 3.00 bits per heavy atom. The zero-order chi connectivity index (χ0) is 13.1. The lowest BCUT2D eigenvalue weighted by atomic mass is 9.92. The minimum Gasteiger partial charge on any atom is -0.394 e. The lowest BCUT2D eigenvalue weighted by Crippen LogP contribution is -2.37. The number of nitrogens with zero attached hydrogens (tertiary/aromatic N) is 2. The molecule has 2 heterocycles. The maximum Gasteiger partial charge on any atom is 0.0644 e. The Balaban J connectivity index is 1.71. The Morgan fingerprint density at radius 2 is 2.21 bits per heavy atom. The summed E-state index contributed by atoms with van der Waals surface area (Å²) >= 11 is 2.07. The number of aromatic nitrogens is 2. The Morgan fingerprint density at radius 1 is 1.37 bits per heavy atom. The third kappa shape index (κ3) is 2.98. The SMILES string of the molecule is OCCn1ncc2c1CCCC2NC1CCSCC1. The molecular weight excluding hydrogens is 258 g/mol. The third-order valence-corrected chi connectivity index (χ3v) is 5.28.